The van der Waals surface area contributed by atoms with Crippen LogP contribution in [-0.4, -0.2) is 48.1 Å². The molecule has 1 aliphatic rings. The Morgan fingerprint density at radius 1 is 1.41 bits per heavy atom. The van der Waals surface area contributed by atoms with E-state index >= 15 is 0 Å². The van der Waals surface area contributed by atoms with E-state index in [-0.39, 0.29) is 18.3 Å². The second kappa shape index (κ2) is 3.47. The summed E-state index contributed by atoms with van der Waals surface area (Å²) in [6.45, 7) is -0.243. The molecular weight excluding hydrogens is 228 g/mol. The number of ether oxygens (including phenoxy) is 1. The molecule has 1 aliphatic heterocycles. The molecule has 3 heterocycles. The standard InChI is InChI=1S/C8H6N6O3/c15-5-3-17-7(16)6(5)14-8(10-11-12-14)13-2-1-9-4-13/h1-2,4,6H,3H2. The molecular formula is C8H6N6O3. The first-order chi connectivity index (χ1) is 8.27. The molecule has 2 aromatic heterocycles. The topological polar surface area (TPSA) is 105 Å². The van der Waals surface area contributed by atoms with Crippen LogP contribution in [0.4, 0.5) is 0 Å². The van der Waals surface area contributed by atoms with Crippen LogP contribution < -0.4 is 0 Å². The van der Waals surface area contributed by atoms with Crippen LogP contribution in [0.25, 0.3) is 5.95 Å². The van der Waals surface area contributed by atoms with Gasteiger partial charge in [0.15, 0.2) is 6.61 Å². The van der Waals surface area contributed by atoms with E-state index < -0.39 is 12.0 Å². The van der Waals surface area contributed by atoms with Crippen LogP contribution >= 0.6 is 0 Å². The zero-order valence-corrected chi connectivity index (χ0v) is 8.42. The number of nitrogens with zero attached hydrogens (tertiary/aromatic N) is 6. The van der Waals surface area contributed by atoms with E-state index in [0.29, 0.717) is 0 Å². The largest absolute Gasteiger partial charge is 0.456 e. The summed E-state index contributed by atoms with van der Waals surface area (Å²) in [7, 11) is 0. The van der Waals surface area contributed by atoms with Crippen LogP contribution in [0.1, 0.15) is 6.04 Å². The second-order valence-electron chi connectivity index (χ2n) is 3.37. The van der Waals surface area contributed by atoms with Crippen LogP contribution in [-0.2, 0) is 14.3 Å². The second-order valence-corrected chi connectivity index (χ2v) is 3.37. The van der Waals surface area contributed by atoms with Gasteiger partial charge in [0.1, 0.15) is 6.33 Å². The molecule has 0 N–H and O–H groups in total. The summed E-state index contributed by atoms with van der Waals surface area (Å²) in [5, 5.41) is 10.8. The van der Waals surface area contributed by atoms with E-state index in [0.717, 1.165) is 4.68 Å². The highest BCUT2D eigenvalue weighted by molar-refractivity contribution is 6.06. The van der Waals surface area contributed by atoms with Crippen LogP contribution in [0.5, 0.6) is 0 Å². The molecule has 0 aromatic carbocycles. The van der Waals surface area contributed by atoms with Crippen molar-refractivity contribution in [3.8, 4) is 5.95 Å². The van der Waals surface area contributed by atoms with Gasteiger partial charge in [-0.25, -0.2) is 9.78 Å². The Bertz CT molecular complexity index is 558. The van der Waals surface area contributed by atoms with Gasteiger partial charge in [0.2, 0.25) is 11.8 Å². The Labute approximate surface area is 94.0 Å². The van der Waals surface area contributed by atoms with Crippen LogP contribution in [0.3, 0.4) is 0 Å². The van der Waals surface area contributed by atoms with E-state index in [1.165, 1.54) is 17.1 Å². The van der Waals surface area contributed by atoms with E-state index in [1.54, 1.807) is 6.20 Å². The maximum absolute atomic E-state index is 11.5. The van der Waals surface area contributed by atoms with Gasteiger partial charge in [0.25, 0.3) is 5.95 Å². The predicted molar refractivity (Wildman–Crippen MR) is 49.9 cm³/mol. The molecule has 0 amide bonds. The lowest BCUT2D eigenvalue weighted by Gasteiger charge is -2.06. The van der Waals surface area contributed by atoms with Crippen molar-refractivity contribution in [1.29, 1.82) is 0 Å². The first kappa shape index (κ1) is 9.63. The lowest BCUT2D eigenvalue weighted by molar-refractivity contribution is -0.140. The van der Waals surface area contributed by atoms with Crippen molar-refractivity contribution in [1.82, 2.24) is 29.8 Å². The minimum Gasteiger partial charge on any atom is -0.456 e. The Balaban J connectivity index is 2.07. The van der Waals surface area contributed by atoms with E-state index in [2.05, 4.69) is 25.2 Å². The fourth-order valence-electron chi connectivity index (χ4n) is 1.57. The minimum absolute atomic E-state index is 0.236. The van der Waals surface area contributed by atoms with Crippen molar-refractivity contribution in [2.45, 2.75) is 6.04 Å². The molecule has 86 valence electrons. The normalized spacial score (nSPS) is 19.6. The van der Waals surface area contributed by atoms with Crippen molar-refractivity contribution in [3.63, 3.8) is 0 Å². The molecule has 3 rings (SSSR count). The third kappa shape index (κ3) is 1.40. The van der Waals surface area contributed by atoms with Crippen molar-refractivity contribution in [2.24, 2.45) is 0 Å². The highest BCUT2D eigenvalue weighted by Gasteiger charge is 2.39. The Morgan fingerprint density at radius 3 is 2.94 bits per heavy atom. The number of hydrogen-bond donors (Lipinski definition) is 0. The molecule has 9 heteroatoms. The molecule has 1 saturated heterocycles. The van der Waals surface area contributed by atoms with Gasteiger partial charge in [-0.1, -0.05) is 5.10 Å². The molecule has 9 nitrogen and oxygen atoms in total. The highest BCUT2D eigenvalue weighted by Crippen LogP contribution is 2.18. The number of rotatable bonds is 2. The first-order valence-corrected chi connectivity index (χ1v) is 4.73. The van der Waals surface area contributed by atoms with Crippen molar-refractivity contribution in [2.75, 3.05) is 6.61 Å². The maximum Gasteiger partial charge on any atom is 0.339 e. The van der Waals surface area contributed by atoms with Gasteiger partial charge >= 0.3 is 5.97 Å². The van der Waals surface area contributed by atoms with Crippen molar-refractivity contribution >= 4 is 11.8 Å². The van der Waals surface area contributed by atoms with Crippen LogP contribution in [0.15, 0.2) is 18.7 Å². The highest BCUT2D eigenvalue weighted by atomic mass is 16.5. The molecule has 0 spiro atoms. The molecule has 1 atom stereocenters. The number of hydrogen-bond acceptors (Lipinski definition) is 7. The number of carbonyl (C=O) groups excluding carboxylic acids is 2. The third-order valence-corrected chi connectivity index (χ3v) is 2.34. The average Bonchev–Trinajstić information content (AvgIpc) is 2.98. The van der Waals surface area contributed by atoms with Gasteiger partial charge in [-0.05, 0) is 10.4 Å². The minimum atomic E-state index is -1.11. The number of Topliss-reactive ketones (excluding diaryl/α,β-unsaturated/α-hetero) is 1. The number of aromatic nitrogens is 6. The summed E-state index contributed by atoms with van der Waals surface area (Å²) >= 11 is 0. The SMILES string of the molecule is O=C1COC(=O)C1n1nnnc1-n1ccnc1. The number of ketones is 1. The Hall–Kier alpha value is -2.58. The summed E-state index contributed by atoms with van der Waals surface area (Å²) in [5.41, 5.74) is 0. The average molecular weight is 234 g/mol. The zero-order chi connectivity index (χ0) is 11.8. The fraction of sp³-hybridized carbons (Fsp3) is 0.250. The van der Waals surface area contributed by atoms with E-state index in [9.17, 15) is 9.59 Å². The van der Waals surface area contributed by atoms with Crippen molar-refractivity contribution in [3.05, 3.63) is 18.7 Å². The number of carbonyl (C=O) groups is 2. The summed E-state index contributed by atoms with van der Waals surface area (Å²) in [4.78, 5) is 26.8. The Kier molecular flexibility index (Phi) is 1.97. The number of imidazole rings is 1. The van der Waals surface area contributed by atoms with Crippen molar-refractivity contribution < 1.29 is 14.3 Å². The molecule has 0 saturated carbocycles. The molecule has 17 heavy (non-hydrogen) atoms. The lowest BCUT2D eigenvalue weighted by atomic mass is 10.2. The number of tetrazole rings is 1. The van der Waals surface area contributed by atoms with Crippen LogP contribution in [0.2, 0.25) is 0 Å². The first-order valence-electron chi connectivity index (χ1n) is 4.73. The number of cyclic esters (lactones) is 1. The summed E-state index contributed by atoms with van der Waals surface area (Å²) in [5.74, 6) is -0.785. The van der Waals surface area contributed by atoms with Gasteiger partial charge in [-0.3, -0.25) is 9.36 Å². The van der Waals surface area contributed by atoms with Gasteiger partial charge < -0.3 is 4.74 Å². The number of esters is 1. The van der Waals surface area contributed by atoms with Gasteiger partial charge in [-0.2, -0.15) is 4.68 Å². The molecule has 1 unspecified atom stereocenters. The summed E-state index contributed by atoms with van der Waals surface area (Å²) in [6.07, 6.45) is 4.60. The molecule has 0 radical (unpaired) electrons. The molecule has 0 aliphatic carbocycles. The smallest absolute Gasteiger partial charge is 0.339 e. The maximum atomic E-state index is 11.5. The third-order valence-electron chi connectivity index (χ3n) is 2.34. The van der Waals surface area contributed by atoms with Gasteiger partial charge in [0, 0.05) is 12.4 Å². The Morgan fingerprint density at radius 2 is 2.29 bits per heavy atom. The summed E-state index contributed by atoms with van der Waals surface area (Å²) in [6, 6.07) is -1.11. The van der Waals surface area contributed by atoms with E-state index in [4.69, 9.17) is 0 Å². The predicted octanol–water partition coefficient (Wildman–Crippen LogP) is -1.47. The monoisotopic (exact) mass is 234 g/mol. The quantitative estimate of drug-likeness (QED) is 0.461. The van der Waals surface area contributed by atoms with Crippen LogP contribution in [0, 0.1) is 0 Å². The molecule has 1 fully saturated rings. The summed E-state index contributed by atoms with van der Waals surface area (Å²) < 4.78 is 7.27. The molecule has 0 bridgehead atoms. The van der Waals surface area contributed by atoms with Gasteiger partial charge in [-0.15, -0.1) is 0 Å². The fourth-order valence-corrected chi connectivity index (χ4v) is 1.57. The molecule has 2 aromatic rings. The van der Waals surface area contributed by atoms with Gasteiger partial charge in [0.05, 0.1) is 0 Å². The zero-order valence-electron chi connectivity index (χ0n) is 8.42. The van der Waals surface area contributed by atoms with E-state index in [1.807, 2.05) is 0 Å². The lowest BCUT2D eigenvalue weighted by Crippen LogP contribution is -2.24.